The summed E-state index contributed by atoms with van der Waals surface area (Å²) in [4.78, 5) is 41.2. The van der Waals surface area contributed by atoms with Gasteiger partial charge in [-0.3, -0.25) is 14.6 Å². The zero-order valence-corrected chi connectivity index (χ0v) is 23.6. The zero-order chi connectivity index (χ0) is 29.0. The van der Waals surface area contributed by atoms with Gasteiger partial charge in [0.25, 0.3) is 0 Å². The molecule has 1 fully saturated rings. The average molecular weight is 576 g/mol. The Morgan fingerprint density at radius 1 is 1.07 bits per heavy atom. The van der Waals surface area contributed by atoms with Gasteiger partial charge in [-0.2, -0.15) is 4.98 Å². The summed E-state index contributed by atoms with van der Waals surface area (Å²) in [5.41, 5.74) is 5.55. The summed E-state index contributed by atoms with van der Waals surface area (Å²) >= 11 is 0. The molecule has 1 amide bonds. The highest BCUT2D eigenvalue weighted by molar-refractivity contribution is 7.89. The summed E-state index contributed by atoms with van der Waals surface area (Å²) in [6.07, 6.45) is 6.72. The maximum Gasteiger partial charge on any atom is 0.241 e. The molecule has 0 saturated carbocycles. The Bertz CT molecular complexity index is 1600. The topological polar surface area (TPSA) is 160 Å². The van der Waals surface area contributed by atoms with Crippen LogP contribution in [0.25, 0.3) is 10.8 Å². The molecule has 0 radical (unpaired) electrons. The number of benzene rings is 2. The first-order chi connectivity index (χ1) is 19.6. The molecule has 3 heterocycles. The van der Waals surface area contributed by atoms with E-state index < -0.39 is 28.0 Å². The highest BCUT2D eigenvalue weighted by atomic mass is 32.2. The van der Waals surface area contributed by atoms with Crippen molar-refractivity contribution in [1.29, 1.82) is 0 Å². The fraction of sp³-hybridized carbons (Fsp3) is 0.345. The minimum absolute atomic E-state index is 0.0202. The van der Waals surface area contributed by atoms with Crippen LogP contribution in [0.3, 0.4) is 0 Å². The van der Waals surface area contributed by atoms with Crippen molar-refractivity contribution in [2.24, 2.45) is 10.9 Å². The number of amides is 1. The van der Waals surface area contributed by atoms with Crippen LogP contribution in [-0.2, 0) is 19.6 Å². The van der Waals surface area contributed by atoms with Crippen LogP contribution in [0.1, 0.15) is 25.0 Å². The second-order valence-electron chi connectivity index (χ2n) is 10.3. The molecule has 3 aromatic rings. The summed E-state index contributed by atoms with van der Waals surface area (Å²) < 4.78 is 27.8. The first-order valence-corrected chi connectivity index (χ1v) is 15.0. The summed E-state index contributed by atoms with van der Waals surface area (Å²) in [5.74, 6) is 0.331. The Morgan fingerprint density at radius 2 is 1.83 bits per heavy atom. The molecule has 1 atom stereocenters. The van der Waals surface area contributed by atoms with E-state index in [1.54, 1.807) is 30.5 Å². The second-order valence-corrected chi connectivity index (χ2v) is 12.1. The summed E-state index contributed by atoms with van der Waals surface area (Å²) in [5, 5.41) is 4.44. The number of anilines is 2. The Hall–Kier alpha value is -4.16. The molecule has 1 aromatic heterocycles. The van der Waals surface area contributed by atoms with Gasteiger partial charge in [0.15, 0.2) is 5.78 Å². The number of aromatic nitrogens is 2. The monoisotopic (exact) mass is 575 g/mol. The van der Waals surface area contributed by atoms with Crippen molar-refractivity contribution >= 4 is 50.5 Å². The Balaban J connectivity index is 1.13. The SMILES string of the molecule is Cc1cc(N2CCC(C(=O)C3(CCNC(=O)CNS(=O)(=O)c4ccc5ccccc5c4)C=CC=N3)CC2)nc(N)n1. The highest BCUT2D eigenvalue weighted by Gasteiger charge is 2.41. The van der Waals surface area contributed by atoms with Gasteiger partial charge in [0.05, 0.1) is 11.4 Å². The van der Waals surface area contributed by atoms with Gasteiger partial charge in [-0.1, -0.05) is 30.3 Å². The number of piperidine rings is 1. The number of carbonyl (C=O) groups excluding carboxylic acids is 2. The van der Waals surface area contributed by atoms with Crippen molar-refractivity contribution in [3.05, 3.63) is 66.4 Å². The smallest absolute Gasteiger partial charge is 0.241 e. The Morgan fingerprint density at radius 3 is 2.54 bits per heavy atom. The van der Waals surface area contributed by atoms with E-state index in [0.29, 0.717) is 25.9 Å². The van der Waals surface area contributed by atoms with E-state index in [9.17, 15) is 18.0 Å². The minimum Gasteiger partial charge on any atom is -0.368 e. The van der Waals surface area contributed by atoms with Crippen LogP contribution in [0.4, 0.5) is 11.8 Å². The van der Waals surface area contributed by atoms with Gasteiger partial charge in [0.2, 0.25) is 21.9 Å². The van der Waals surface area contributed by atoms with Crippen molar-refractivity contribution in [2.45, 2.75) is 36.6 Å². The number of sulfonamides is 1. The predicted molar refractivity (Wildman–Crippen MR) is 158 cm³/mol. The predicted octanol–water partition coefficient (Wildman–Crippen LogP) is 2.17. The Kier molecular flexibility index (Phi) is 8.13. The number of nitrogens with one attached hydrogen (secondary N) is 2. The minimum atomic E-state index is -3.88. The van der Waals surface area contributed by atoms with Crippen LogP contribution >= 0.6 is 0 Å². The van der Waals surface area contributed by atoms with Gasteiger partial charge in [-0.05, 0) is 54.8 Å². The lowest BCUT2D eigenvalue weighted by Crippen LogP contribution is -2.46. The number of aryl methyl sites for hydroxylation is 1. The number of nitrogens with two attached hydrogens (primary N) is 1. The molecule has 2 aliphatic rings. The van der Waals surface area contributed by atoms with Gasteiger partial charge >= 0.3 is 0 Å². The molecule has 2 aromatic carbocycles. The average Bonchev–Trinajstić information content (AvgIpc) is 3.45. The molecule has 1 unspecified atom stereocenters. The van der Waals surface area contributed by atoms with Crippen molar-refractivity contribution < 1.29 is 18.0 Å². The third-order valence-corrected chi connectivity index (χ3v) is 8.92. The number of nitrogen functional groups attached to an aromatic ring is 1. The van der Waals surface area contributed by atoms with Crippen LogP contribution in [0.5, 0.6) is 0 Å². The number of ketones is 1. The number of Topliss-reactive ketones (excluding diaryl/α,β-unsaturated/α-hetero) is 1. The molecule has 11 nitrogen and oxygen atoms in total. The molecule has 0 spiro atoms. The number of hydrogen-bond donors (Lipinski definition) is 3. The van der Waals surface area contributed by atoms with Gasteiger partial charge in [-0.15, -0.1) is 0 Å². The molecule has 4 N–H and O–H groups in total. The van der Waals surface area contributed by atoms with Crippen LogP contribution < -0.4 is 20.7 Å². The molecule has 41 heavy (non-hydrogen) atoms. The lowest BCUT2D eigenvalue weighted by atomic mass is 9.79. The summed E-state index contributed by atoms with van der Waals surface area (Å²) in [6.45, 7) is 2.93. The van der Waals surface area contributed by atoms with Gasteiger partial charge in [-0.25, -0.2) is 18.1 Å². The standard InChI is InChI=1S/C29H33N7O4S/c1-20-17-25(35-28(30)34-20)36-15-9-22(10-16-36)27(38)29(11-4-13-32-29)12-14-31-26(37)19-33-41(39,40)24-8-7-21-5-2-3-6-23(21)18-24/h2-8,11,13,17-18,22,33H,9-10,12,14-16,19H2,1H3,(H,31,37)(H2,30,34,35). The number of allylic oxidation sites excluding steroid dienone is 1. The number of hydrogen-bond acceptors (Lipinski definition) is 9. The normalized spacial score (nSPS) is 19.1. The highest BCUT2D eigenvalue weighted by Crippen LogP contribution is 2.32. The second kappa shape index (κ2) is 11.8. The Labute approximate surface area is 239 Å². The zero-order valence-electron chi connectivity index (χ0n) is 22.8. The van der Waals surface area contributed by atoms with Crippen LogP contribution in [0, 0.1) is 12.8 Å². The maximum absolute atomic E-state index is 13.6. The number of nitrogens with zero attached hydrogens (tertiary/aromatic N) is 4. The van der Waals surface area contributed by atoms with E-state index in [1.807, 2.05) is 37.3 Å². The van der Waals surface area contributed by atoms with Crippen molar-refractivity contribution in [3.63, 3.8) is 0 Å². The largest absolute Gasteiger partial charge is 0.368 e. The van der Waals surface area contributed by atoms with Crippen molar-refractivity contribution in [1.82, 2.24) is 20.0 Å². The molecular formula is C29H33N7O4S. The van der Waals surface area contributed by atoms with E-state index in [0.717, 1.165) is 22.3 Å². The fourth-order valence-corrected chi connectivity index (χ4v) is 6.35. The van der Waals surface area contributed by atoms with Crippen molar-refractivity contribution in [2.75, 3.05) is 36.8 Å². The molecule has 1 saturated heterocycles. The number of carbonyl (C=O) groups is 2. The van der Waals surface area contributed by atoms with Gasteiger partial charge in [0, 0.05) is 49.9 Å². The lowest BCUT2D eigenvalue weighted by Gasteiger charge is -2.35. The summed E-state index contributed by atoms with van der Waals surface area (Å²) in [6, 6.07) is 14.1. The van der Waals surface area contributed by atoms with E-state index >= 15 is 0 Å². The molecule has 2 aliphatic heterocycles. The molecule has 5 rings (SSSR count). The third-order valence-electron chi connectivity index (χ3n) is 7.52. The maximum atomic E-state index is 13.6. The fourth-order valence-electron chi connectivity index (χ4n) is 5.33. The van der Waals surface area contributed by atoms with Crippen LogP contribution in [0.15, 0.2) is 70.6 Å². The molecule has 0 aliphatic carbocycles. The van der Waals surface area contributed by atoms with E-state index in [2.05, 4.69) is 29.9 Å². The molecule has 214 valence electrons. The first-order valence-electron chi connectivity index (χ1n) is 13.5. The van der Waals surface area contributed by atoms with E-state index in [-0.39, 0.29) is 35.5 Å². The van der Waals surface area contributed by atoms with E-state index in [1.165, 1.54) is 6.07 Å². The number of fused-ring (bicyclic) bond motifs is 1. The van der Waals surface area contributed by atoms with Crippen LogP contribution in [-0.4, -0.2) is 68.0 Å². The summed E-state index contributed by atoms with van der Waals surface area (Å²) in [7, 11) is -3.88. The molecule has 12 heteroatoms. The van der Waals surface area contributed by atoms with Gasteiger partial charge in [0.1, 0.15) is 11.4 Å². The third kappa shape index (κ3) is 6.44. The number of aliphatic imine (C=N–C) groups is 1. The quantitative estimate of drug-likeness (QED) is 0.332. The van der Waals surface area contributed by atoms with Gasteiger partial charge < -0.3 is 16.0 Å². The molecular weight excluding hydrogens is 542 g/mol. The van der Waals surface area contributed by atoms with E-state index in [4.69, 9.17) is 5.73 Å². The lowest BCUT2D eigenvalue weighted by molar-refractivity contribution is -0.127. The molecule has 0 bridgehead atoms. The first kappa shape index (κ1) is 28.4. The van der Waals surface area contributed by atoms with Crippen LogP contribution in [0.2, 0.25) is 0 Å². The number of rotatable bonds is 10. The van der Waals surface area contributed by atoms with Crippen molar-refractivity contribution in [3.8, 4) is 0 Å².